The second-order valence-corrected chi connectivity index (χ2v) is 3.15. The first-order valence-electron chi connectivity index (χ1n) is 4.14. The lowest BCUT2D eigenvalue weighted by atomic mass is 10.3. The molecule has 1 heterocycles. The molecule has 0 atom stereocenters. The summed E-state index contributed by atoms with van der Waals surface area (Å²) in [4.78, 5) is 9.07. The average Bonchev–Trinajstić information content (AvgIpc) is 2.20. The van der Waals surface area contributed by atoms with Crippen LogP contribution in [0, 0.1) is 12.2 Å². The highest BCUT2D eigenvalue weighted by Gasteiger charge is 2.07. The molecule has 0 spiro atoms. The van der Waals surface area contributed by atoms with Gasteiger partial charge in [-0.25, -0.2) is 0 Å². The van der Waals surface area contributed by atoms with Crippen molar-refractivity contribution in [2.24, 2.45) is 0 Å². The van der Waals surface area contributed by atoms with E-state index in [2.05, 4.69) is 15.0 Å². The van der Waals surface area contributed by atoms with Crippen molar-refractivity contribution in [3.8, 4) is 11.8 Å². The monoisotopic (exact) mass is 243 g/mol. The summed E-state index contributed by atoms with van der Waals surface area (Å²) >= 11 is 5.65. The van der Waals surface area contributed by atoms with Crippen LogP contribution in [0.4, 0.5) is 8.78 Å². The van der Waals surface area contributed by atoms with Crippen molar-refractivity contribution >= 4 is 11.6 Å². The standard InChI is InChI=1S/C9H4ClF2N3O/c10-5-1-3-6(4-2-5)16-9-14-7(11)13-8(12)15-9/h1-4H. The Balaban J connectivity index is 2.23. The molecule has 0 amide bonds. The number of halogens is 3. The first kappa shape index (κ1) is 10.7. The highest BCUT2D eigenvalue weighted by Crippen LogP contribution is 2.19. The van der Waals surface area contributed by atoms with Gasteiger partial charge in [-0.3, -0.25) is 0 Å². The average molecular weight is 244 g/mol. The van der Waals surface area contributed by atoms with Crippen molar-refractivity contribution in [3.63, 3.8) is 0 Å². The van der Waals surface area contributed by atoms with Gasteiger partial charge in [-0.1, -0.05) is 11.6 Å². The summed E-state index contributed by atoms with van der Waals surface area (Å²) in [7, 11) is 0. The predicted molar refractivity (Wildman–Crippen MR) is 51.3 cm³/mol. The third-order valence-electron chi connectivity index (χ3n) is 1.58. The fourth-order valence-corrected chi connectivity index (χ4v) is 1.09. The van der Waals surface area contributed by atoms with Gasteiger partial charge in [0.2, 0.25) is 0 Å². The minimum absolute atomic E-state index is 0.314. The van der Waals surface area contributed by atoms with Crippen molar-refractivity contribution in [2.45, 2.75) is 0 Å². The van der Waals surface area contributed by atoms with E-state index in [0.29, 0.717) is 10.8 Å². The normalized spacial score (nSPS) is 10.2. The minimum Gasteiger partial charge on any atom is -0.424 e. The summed E-state index contributed by atoms with van der Waals surface area (Å²) in [6.07, 6.45) is -2.48. The molecule has 0 aliphatic rings. The van der Waals surface area contributed by atoms with E-state index in [1.54, 1.807) is 12.1 Å². The number of hydrogen-bond acceptors (Lipinski definition) is 4. The lowest BCUT2D eigenvalue weighted by molar-refractivity contribution is 0.377. The summed E-state index contributed by atoms with van der Waals surface area (Å²) in [6.45, 7) is 0. The molecule has 0 bridgehead atoms. The van der Waals surface area contributed by atoms with Crippen LogP contribution < -0.4 is 4.74 Å². The summed E-state index contributed by atoms with van der Waals surface area (Å²) in [5, 5.41) is 0.514. The second kappa shape index (κ2) is 4.36. The number of ether oxygens (including phenoxy) is 1. The highest BCUT2D eigenvalue weighted by atomic mass is 35.5. The van der Waals surface area contributed by atoms with Crippen LogP contribution in [-0.4, -0.2) is 15.0 Å². The molecule has 0 N–H and O–H groups in total. The molecule has 0 aliphatic heterocycles. The molecule has 4 nitrogen and oxygen atoms in total. The van der Waals surface area contributed by atoms with Crippen molar-refractivity contribution in [3.05, 3.63) is 41.4 Å². The van der Waals surface area contributed by atoms with Crippen LogP contribution in [0.3, 0.4) is 0 Å². The van der Waals surface area contributed by atoms with Gasteiger partial charge in [0.05, 0.1) is 0 Å². The maximum absolute atomic E-state index is 12.6. The Morgan fingerprint density at radius 3 is 2.06 bits per heavy atom. The smallest absolute Gasteiger partial charge is 0.330 e. The Bertz CT molecular complexity index is 486. The van der Waals surface area contributed by atoms with E-state index in [0.717, 1.165) is 0 Å². The first-order valence-corrected chi connectivity index (χ1v) is 4.52. The number of hydrogen-bond donors (Lipinski definition) is 0. The van der Waals surface area contributed by atoms with E-state index in [-0.39, 0.29) is 0 Å². The quantitative estimate of drug-likeness (QED) is 0.813. The van der Waals surface area contributed by atoms with Crippen LogP contribution in [0.1, 0.15) is 0 Å². The van der Waals surface area contributed by atoms with Crippen LogP contribution in [0.15, 0.2) is 24.3 Å². The molecule has 1 aromatic carbocycles. The fourth-order valence-electron chi connectivity index (χ4n) is 0.963. The van der Waals surface area contributed by atoms with Crippen LogP contribution in [-0.2, 0) is 0 Å². The lowest BCUT2D eigenvalue weighted by Gasteiger charge is -2.02. The molecule has 1 aromatic heterocycles. The molecule has 0 radical (unpaired) electrons. The number of rotatable bonds is 2. The first-order chi connectivity index (χ1) is 7.63. The molecule has 7 heteroatoms. The van der Waals surface area contributed by atoms with E-state index < -0.39 is 18.2 Å². The van der Waals surface area contributed by atoms with Gasteiger partial charge in [0.15, 0.2) is 0 Å². The molecule has 2 aromatic rings. The lowest BCUT2D eigenvalue weighted by Crippen LogP contribution is -2.00. The highest BCUT2D eigenvalue weighted by molar-refractivity contribution is 6.30. The van der Waals surface area contributed by atoms with Crippen LogP contribution in [0.2, 0.25) is 5.02 Å². The van der Waals surface area contributed by atoms with Crippen molar-refractivity contribution in [1.82, 2.24) is 15.0 Å². The third-order valence-corrected chi connectivity index (χ3v) is 1.84. The Hall–Kier alpha value is -1.82. The topological polar surface area (TPSA) is 47.9 Å². The summed E-state index contributed by atoms with van der Waals surface area (Å²) < 4.78 is 30.2. The Morgan fingerprint density at radius 2 is 1.50 bits per heavy atom. The van der Waals surface area contributed by atoms with Gasteiger partial charge in [-0.05, 0) is 24.3 Å². The van der Waals surface area contributed by atoms with E-state index in [9.17, 15) is 8.78 Å². The minimum atomic E-state index is -1.24. The summed E-state index contributed by atoms with van der Waals surface area (Å²) in [5.41, 5.74) is 0. The largest absolute Gasteiger partial charge is 0.424 e. The van der Waals surface area contributed by atoms with E-state index in [1.165, 1.54) is 12.1 Å². The molecule has 82 valence electrons. The number of nitrogens with zero attached hydrogens (tertiary/aromatic N) is 3. The molecular formula is C9H4ClF2N3O. The zero-order chi connectivity index (χ0) is 11.5. The molecule has 0 saturated heterocycles. The van der Waals surface area contributed by atoms with Crippen LogP contribution in [0.25, 0.3) is 0 Å². The van der Waals surface area contributed by atoms with Gasteiger partial charge in [0.1, 0.15) is 5.75 Å². The Labute approximate surface area is 93.9 Å². The number of aromatic nitrogens is 3. The van der Waals surface area contributed by atoms with Gasteiger partial charge in [-0.15, -0.1) is 9.97 Å². The SMILES string of the molecule is Fc1nc(F)nc(Oc2ccc(Cl)cc2)n1. The molecular weight excluding hydrogens is 240 g/mol. The van der Waals surface area contributed by atoms with Crippen LogP contribution in [0.5, 0.6) is 11.8 Å². The summed E-state index contributed by atoms with van der Waals surface area (Å²) in [5.74, 6) is 0.314. The Kier molecular flexibility index (Phi) is 2.91. The maximum atomic E-state index is 12.6. The van der Waals surface area contributed by atoms with Gasteiger partial charge < -0.3 is 4.74 Å². The van der Waals surface area contributed by atoms with Crippen LogP contribution >= 0.6 is 11.6 Å². The molecule has 0 aliphatic carbocycles. The Morgan fingerprint density at radius 1 is 0.938 bits per heavy atom. The van der Waals surface area contributed by atoms with Crippen molar-refractivity contribution < 1.29 is 13.5 Å². The third kappa shape index (κ3) is 2.60. The van der Waals surface area contributed by atoms with Gasteiger partial charge in [-0.2, -0.15) is 13.8 Å². The molecule has 2 rings (SSSR count). The van der Waals surface area contributed by atoms with E-state index in [4.69, 9.17) is 16.3 Å². The van der Waals surface area contributed by atoms with Gasteiger partial charge in [0, 0.05) is 5.02 Å². The summed E-state index contributed by atoms with van der Waals surface area (Å²) in [6, 6.07) is 5.70. The molecule has 16 heavy (non-hydrogen) atoms. The maximum Gasteiger partial charge on any atom is 0.330 e. The number of benzene rings is 1. The van der Waals surface area contributed by atoms with Gasteiger partial charge in [0.25, 0.3) is 0 Å². The second-order valence-electron chi connectivity index (χ2n) is 2.71. The predicted octanol–water partition coefficient (Wildman–Crippen LogP) is 2.60. The van der Waals surface area contributed by atoms with Gasteiger partial charge >= 0.3 is 18.2 Å². The van der Waals surface area contributed by atoms with E-state index in [1.807, 2.05) is 0 Å². The van der Waals surface area contributed by atoms with E-state index >= 15 is 0 Å². The molecule has 0 saturated carbocycles. The van der Waals surface area contributed by atoms with Crippen molar-refractivity contribution in [2.75, 3.05) is 0 Å². The fraction of sp³-hybridized carbons (Fsp3) is 0. The van der Waals surface area contributed by atoms with Crippen molar-refractivity contribution in [1.29, 1.82) is 0 Å². The molecule has 0 unspecified atom stereocenters. The zero-order valence-electron chi connectivity index (χ0n) is 7.69. The zero-order valence-corrected chi connectivity index (χ0v) is 8.45. The molecule has 0 fully saturated rings.